The first-order valence-electron chi connectivity index (χ1n) is 5.17. The highest BCUT2D eigenvalue weighted by molar-refractivity contribution is 9.10. The monoisotopic (exact) mass is 317 g/mol. The fraction of sp³-hybridized carbons (Fsp3) is 0.364. The van der Waals surface area contributed by atoms with Crippen LogP contribution in [0.5, 0.6) is 0 Å². The van der Waals surface area contributed by atoms with Crippen LogP contribution >= 0.6 is 15.9 Å². The number of benzene rings is 1. The van der Waals surface area contributed by atoms with Crippen LogP contribution in [0.15, 0.2) is 27.6 Å². The molecule has 6 heteroatoms. The molecule has 0 saturated heterocycles. The van der Waals surface area contributed by atoms with Crippen molar-refractivity contribution in [1.82, 2.24) is 4.90 Å². The van der Waals surface area contributed by atoms with Crippen molar-refractivity contribution in [2.45, 2.75) is 18.4 Å². The summed E-state index contributed by atoms with van der Waals surface area (Å²) >= 11 is 3.27. The van der Waals surface area contributed by atoms with E-state index in [1.54, 1.807) is 23.1 Å². The lowest BCUT2D eigenvalue weighted by molar-refractivity contribution is -0.129. The molecule has 1 aliphatic rings. The zero-order valence-electron chi connectivity index (χ0n) is 9.31. The molecule has 0 saturated carbocycles. The molecule has 0 spiro atoms. The molecule has 1 amide bonds. The van der Waals surface area contributed by atoms with Crippen molar-refractivity contribution in [3.63, 3.8) is 0 Å². The normalized spacial score (nSPS) is 18.4. The van der Waals surface area contributed by atoms with Gasteiger partial charge >= 0.3 is 0 Å². The van der Waals surface area contributed by atoms with Crippen molar-refractivity contribution in [2.75, 3.05) is 12.3 Å². The molecule has 1 aromatic carbocycles. The lowest BCUT2D eigenvalue weighted by Crippen LogP contribution is -2.30. The second-order valence-corrected chi connectivity index (χ2v) is 7.00. The molecule has 0 aliphatic carbocycles. The molecule has 0 radical (unpaired) electrons. The largest absolute Gasteiger partial charge is 0.338 e. The van der Waals surface area contributed by atoms with Crippen molar-refractivity contribution in [2.24, 2.45) is 0 Å². The standard InChI is InChI=1S/C11H12BrNO3S/c1-8(14)13-4-5-17(15,16)11-6-10(12)3-2-9(11)7-13/h2-3,6H,4-5,7H2,1H3. The maximum Gasteiger partial charge on any atom is 0.219 e. The van der Waals surface area contributed by atoms with E-state index in [1.807, 2.05) is 0 Å². The van der Waals surface area contributed by atoms with Gasteiger partial charge in [0.25, 0.3) is 0 Å². The number of rotatable bonds is 0. The Labute approximate surface area is 109 Å². The first-order chi connectivity index (χ1) is 7.90. The van der Waals surface area contributed by atoms with Crippen LogP contribution in [0.2, 0.25) is 0 Å². The molecule has 0 fully saturated rings. The van der Waals surface area contributed by atoms with E-state index in [4.69, 9.17) is 0 Å². The van der Waals surface area contributed by atoms with Crippen LogP contribution in [0.4, 0.5) is 0 Å². The summed E-state index contributed by atoms with van der Waals surface area (Å²) in [6.07, 6.45) is 0. The lowest BCUT2D eigenvalue weighted by Gasteiger charge is -2.17. The third-order valence-corrected chi connectivity index (χ3v) is 5.06. The van der Waals surface area contributed by atoms with Gasteiger partial charge in [0.1, 0.15) is 0 Å². The van der Waals surface area contributed by atoms with E-state index in [0.717, 1.165) is 4.47 Å². The first kappa shape index (κ1) is 12.6. The Balaban J connectivity index is 2.54. The molecule has 0 aromatic heterocycles. The fourth-order valence-electron chi connectivity index (χ4n) is 1.84. The smallest absolute Gasteiger partial charge is 0.219 e. The minimum Gasteiger partial charge on any atom is -0.338 e. The van der Waals surface area contributed by atoms with Crippen molar-refractivity contribution in [1.29, 1.82) is 0 Å². The maximum absolute atomic E-state index is 12.1. The van der Waals surface area contributed by atoms with Gasteiger partial charge < -0.3 is 4.90 Å². The van der Waals surface area contributed by atoms with E-state index in [-0.39, 0.29) is 18.2 Å². The van der Waals surface area contributed by atoms with E-state index in [9.17, 15) is 13.2 Å². The summed E-state index contributed by atoms with van der Waals surface area (Å²) in [7, 11) is -3.29. The fourth-order valence-corrected chi connectivity index (χ4v) is 3.87. The van der Waals surface area contributed by atoms with E-state index in [0.29, 0.717) is 17.0 Å². The van der Waals surface area contributed by atoms with Crippen molar-refractivity contribution in [3.05, 3.63) is 28.2 Å². The highest BCUT2D eigenvalue weighted by Gasteiger charge is 2.26. The van der Waals surface area contributed by atoms with Crippen LogP contribution in [0, 0.1) is 0 Å². The molecule has 0 N–H and O–H groups in total. The Kier molecular flexibility index (Phi) is 3.27. The quantitative estimate of drug-likeness (QED) is 0.730. The second kappa shape index (κ2) is 4.42. The summed E-state index contributed by atoms with van der Waals surface area (Å²) in [6, 6.07) is 5.14. The van der Waals surface area contributed by atoms with Crippen molar-refractivity contribution < 1.29 is 13.2 Å². The van der Waals surface area contributed by atoms with Crippen LogP contribution in [0.3, 0.4) is 0 Å². The van der Waals surface area contributed by atoms with Gasteiger partial charge in [-0.05, 0) is 17.7 Å². The third kappa shape index (κ3) is 2.52. The average Bonchev–Trinajstić information content (AvgIpc) is 2.37. The van der Waals surface area contributed by atoms with Gasteiger partial charge in [0.2, 0.25) is 5.91 Å². The second-order valence-electron chi connectivity index (χ2n) is 4.01. The maximum atomic E-state index is 12.1. The number of carbonyl (C=O) groups excluding carboxylic acids is 1. The zero-order valence-corrected chi connectivity index (χ0v) is 11.7. The predicted molar refractivity (Wildman–Crippen MR) is 67.3 cm³/mol. The van der Waals surface area contributed by atoms with Crippen LogP contribution < -0.4 is 0 Å². The molecule has 0 bridgehead atoms. The molecule has 4 nitrogen and oxygen atoms in total. The van der Waals surface area contributed by atoms with Gasteiger partial charge in [0, 0.05) is 24.5 Å². The minimum atomic E-state index is -3.29. The van der Waals surface area contributed by atoms with E-state index in [1.165, 1.54) is 6.92 Å². The molecule has 1 aliphatic heterocycles. The number of carbonyl (C=O) groups is 1. The molecule has 92 valence electrons. The molecule has 2 rings (SSSR count). The topological polar surface area (TPSA) is 54.5 Å². The number of nitrogens with zero attached hydrogens (tertiary/aromatic N) is 1. The van der Waals surface area contributed by atoms with Crippen molar-refractivity contribution in [3.8, 4) is 0 Å². The minimum absolute atomic E-state index is 0.0178. The number of sulfone groups is 1. The lowest BCUT2D eigenvalue weighted by atomic mass is 10.2. The summed E-state index contributed by atoms with van der Waals surface area (Å²) in [5.74, 6) is -0.119. The van der Waals surface area contributed by atoms with Crippen molar-refractivity contribution >= 4 is 31.7 Å². The zero-order chi connectivity index (χ0) is 12.6. The van der Waals surface area contributed by atoms with E-state index in [2.05, 4.69) is 15.9 Å². The van der Waals surface area contributed by atoms with Gasteiger partial charge in [-0.15, -0.1) is 0 Å². The molecule has 0 atom stereocenters. The number of hydrogen-bond donors (Lipinski definition) is 0. The first-order valence-corrected chi connectivity index (χ1v) is 7.61. The molecule has 1 aromatic rings. The Morgan fingerprint density at radius 1 is 1.41 bits per heavy atom. The SMILES string of the molecule is CC(=O)N1CCS(=O)(=O)c2cc(Br)ccc2C1. The number of halogens is 1. The van der Waals surface area contributed by atoms with E-state index >= 15 is 0 Å². The highest BCUT2D eigenvalue weighted by Crippen LogP contribution is 2.26. The predicted octanol–water partition coefficient (Wildman–Crippen LogP) is 1.58. The summed E-state index contributed by atoms with van der Waals surface area (Å²) < 4.78 is 24.8. The summed E-state index contributed by atoms with van der Waals surface area (Å²) in [5.41, 5.74) is 0.681. The van der Waals surface area contributed by atoms with Crippen LogP contribution in [0.25, 0.3) is 0 Å². The molecule has 0 unspecified atom stereocenters. The van der Waals surface area contributed by atoms with Gasteiger partial charge in [-0.2, -0.15) is 0 Å². The number of hydrogen-bond acceptors (Lipinski definition) is 3. The summed E-state index contributed by atoms with van der Waals surface area (Å²) in [6.45, 7) is 2.07. The number of amides is 1. The van der Waals surface area contributed by atoms with Crippen LogP contribution in [-0.2, 0) is 21.2 Å². The Bertz CT molecular complexity index is 568. The van der Waals surface area contributed by atoms with Gasteiger partial charge in [-0.3, -0.25) is 4.79 Å². The molecular formula is C11H12BrNO3S. The Morgan fingerprint density at radius 3 is 2.76 bits per heavy atom. The summed E-state index contributed by atoms with van der Waals surface area (Å²) in [5, 5.41) is 0. The molecule has 1 heterocycles. The Hall–Kier alpha value is -0.880. The average molecular weight is 318 g/mol. The molecule has 17 heavy (non-hydrogen) atoms. The summed E-state index contributed by atoms with van der Waals surface area (Å²) in [4.78, 5) is 13.2. The van der Waals surface area contributed by atoms with Crippen LogP contribution in [0.1, 0.15) is 12.5 Å². The van der Waals surface area contributed by atoms with E-state index < -0.39 is 9.84 Å². The van der Waals surface area contributed by atoms with Crippen LogP contribution in [-0.4, -0.2) is 31.5 Å². The number of fused-ring (bicyclic) bond motifs is 1. The van der Waals surface area contributed by atoms with Gasteiger partial charge in [-0.25, -0.2) is 8.42 Å². The Morgan fingerprint density at radius 2 is 2.12 bits per heavy atom. The van der Waals surface area contributed by atoms with Gasteiger partial charge in [-0.1, -0.05) is 22.0 Å². The highest BCUT2D eigenvalue weighted by atomic mass is 79.9. The van der Waals surface area contributed by atoms with Gasteiger partial charge in [0.05, 0.1) is 10.6 Å². The molecular weight excluding hydrogens is 306 g/mol. The van der Waals surface area contributed by atoms with Gasteiger partial charge in [0.15, 0.2) is 9.84 Å². The third-order valence-electron chi connectivity index (χ3n) is 2.80.